The Labute approximate surface area is 108 Å². The molecular formula is C9H14N4O4S. The first-order chi connectivity index (χ1) is 8.63. The van der Waals surface area contributed by atoms with Gasteiger partial charge in [0.2, 0.25) is 6.39 Å². The van der Waals surface area contributed by atoms with Crippen molar-refractivity contribution < 1.29 is 19.2 Å². The van der Waals surface area contributed by atoms with E-state index in [1.165, 1.54) is 11.8 Å². The van der Waals surface area contributed by atoms with Crippen molar-refractivity contribution in [3.8, 4) is 0 Å². The number of carboxylic acid groups (broad SMARTS) is 1. The quantitative estimate of drug-likeness (QED) is 0.644. The zero-order valence-corrected chi connectivity index (χ0v) is 10.6. The number of rotatable bonds is 7. The molecule has 0 saturated heterocycles. The maximum atomic E-state index is 11.4. The van der Waals surface area contributed by atoms with Gasteiger partial charge in [0.25, 0.3) is 0 Å². The standard InChI is InChI=1S/C9H14N4O4S/c1-18-3-2-6(8(14)15)12-9(16)10-4-7-11-5-17-13-7/h5-6H,2-4H2,1H3,(H,14,15)(H2,10,12,16). The molecule has 8 nitrogen and oxygen atoms in total. The highest BCUT2D eigenvalue weighted by molar-refractivity contribution is 7.98. The molecule has 0 saturated carbocycles. The van der Waals surface area contributed by atoms with Crippen LogP contribution in [-0.2, 0) is 11.3 Å². The van der Waals surface area contributed by atoms with Gasteiger partial charge in [0, 0.05) is 0 Å². The Bertz CT molecular complexity index is 384. The number of carbonyl (C=O) groups excluding carboxylic acids is 1. The predicted octanol–water partition coefficient (Wildman–Crippen LogP) is 0.0751. The lowest BCUT2D eigenvalue weighted by Gasteiger charge is -2.13. The molecule has 1 unspecified atom stereocenters. The van der Waals surface area contributed by atoms with E-state index in [1.807, 2.05) is 6.26 Å². The summed E-state index contributed by atoms with van der Waals surface area (Å²) in [7, 11) is 0. The Morgan fingerprint density at radius 2 is 2.39 bits per heavy atom. The van der Waals surface area contributed by atoms with E-state index in [4.69, 9.17) is 5.11 Å². The predicted molar refractivity (Wildman–Crippen MR) is 64.1 cm³/mol. The number of nitrogens with zero attached hydrogens (tertiary/aromatic N) is 2. The van der Waals surface area contributed by atoms with Crippen molar-refractivity contribution in [1.82, 2.24) is 20.8 Å². The molecule has 0 aliphatic rings. The summed E-state index contributed by atoms with van der Waals surface area (Å²) in [4.78, 5) is 26.0. The van der Waals surface area contributed by atoms with Gasteiger partial charge >= 0.3 is 12.0 Å². The number of urea groups is 1. The summed E-state index contributed by atoms with van der Waals surface area (Å²) in [5, 5.41) is 17.2. The Morgan fingerprint density at radius 1 is 1.61 bits per heavy atom. The molecule has 3 N–H and O–H groups in total. The molecule has 0 aliphatic carbocycles. The highest BCUT2D eigenvalue weighted by Gasteiger charge is 2.19. The van der Waals surface area contributed by atoms with Crippen LogP contribution in [0.3, 0.4) is 0 Å². The molecule has 1 heterocycles. The summed E-state index contributed by atoms with van der Waals surface area (Å²) in [5.74, 6) is -0.0814. The highest BCUT2D eigenvalue weighted by atomic mass is 32.2. The molecule has 1 atom stereocenters. The normalized spacial score (nSPS) is 11.8. The number of carboxylic acids is 1. The molecule has 18 heavy (non-hydrogen) atoms. The summed E-state index contributed by atoms with van der Waals surface area (Å²) in [6, 6.07) is -1.48. The van der Waals surface area contributed by atoms with Crippen LogP contribution in [0, 0.1) is 0 Å². The number of aromatic nitrogens is 2. The Balaban J connectivity index is 2.34. The third-order valence-electron chi connectivity index (χ3n) is 2.03. The number of hydrogen-bond donors (Lipinski definition) is 3. The Kier molecular flexibility index (Phi) is 5.98. The average molecular weight is 274 g/mol. The lowest BCUT2D eigenvalue weighted by Crippen LogP contribution is -2.46. The van der Waals surface area contributed by atoms with E-state index in [0.29, 0.717) is 18.0 Å². The fourth-order valence-electron chi connectivity index (χ4n) is 1.13. The summed E-state index contributed by atoms with van der Waals surface area (Å²) in [5.41, 5.74) is 0. The first kappa shape index (κ1) is 14.3. The van der Waals surface area contributed by atoms with Gasteiger partial charge in [-0.1, -0.05) is 5.16 Å². The van der Waals surface area contributed by atoms with Crippen LogP contribution in [-0.4, -0.2) is 45.3 Å². The minimum absolute atomic E-state index is 0.0806. The molecule has 0 spiro atoms. The van der Waals surface area contributed by atoms with Gasteiger partial charge < -0.3 is 20.3 Å². The second-order valence-electron chi connectivity index (χ2n) is 3.35. The van der Waals surface area contributed by atoms with E-state index in [2.05, 4.69) is 25.3 Å². The van der Waals surface area contributed by atoms with E-state index in [-0.39, 0.29) is 6.54 Å². The van der Waals surface area contributed by atoms with E-state index in [1.54, 1.807) is 0 Å². The molecule has 9 heteroatoms. The lowest BCUT2D eigenvalue weighted by molar-refractivity contribution is -0.139. The molecule has 0 aromatic carbocycles. The Hall–Kier alpha value is -1.77. The van der Waals surface area contributed by atoms with E-state index >= 15 is 0 Å². The summed E-state index contributed by atoms with van der Waals surface area (Å²) >= 11 is 1.52. The van der Waals surface area contributed by atoms with Gasteiger partial charge in [-0.25, -0.2) is 9.59 Å². The minimum atomic E-state index is -1.06. The molecular weight excluding hydrogens is 260 g/mol. The number of thioether (sulfide) groups is 1. The first-order valence-corrected chi connectivity index (χ1v) is 6.54. The Morgan fingerprint density at radius 3 is 2.94 bits per heavy atom. The van der Waals surface area contributed by atoms with Crippen molar-refractivity contribution in [1.29, 1.82) is 0 Å². The highest BCUT2D eigenvalue weighted by Crippen LogP contribution is 2.00. The van der Waals surface area contributed by atoms with Gasteiger partial charge in [0.1, 0.15) is 6.04 Å². The lowest BCUT2D eigenvalue weighted by atomic mass is 10.2. The fraction of sp³-hybridized carbons (Fsp3) is 0.556. The molecule has 0 fully saturated rings. The number of aliphatic carboxylic acids is 1. The fourth-order valence-corrected chi connectivity index (χ4v) is 1.60. The molecule has 1 aromatic heterocycles. The van der Waals surface area contributed by atoms with Crippen LogP contribution in [0.1, 0.15) is 12.2 Å². The van der Waals surface area contributed by atoms with Crippen molar-refractivity contribution in [3.05, 3.63) is 12.2 Å². The van der Waals surface area contributed by atoms with Crippen LogP contribution >= 0.6 is 11.8 Å². The van der Waals surface area contributed by atoms with E-state index in [9.17, 15) is 9.59 Å². The largest absolute Gasteiger partial charge is 0.480 e. The molecule has 0 radical (unpaired) electrons. The maximum absolute atomic E-state index is 11.4. The second-order valence-corrected chi connectivity index (χ2v) is 4.33. The molecule has 1 rings (SSSR count). The first-order valence-electron chi connectivity index (χ1n) is 5.15. The van der Waals surface area contributed by atoms with Crippen LogP contribution in [0.4, 0.5) is 4.79 Å². The molecule has 0 bridgehead atoms. The minimum Gasteiger partial charge on any atom is -0.480 e. The van der Waals surface area contributed by atoms with Crippen molar-refractivity contribution in [2.45, 2.75) is 19.0 Å². The van der Waals surface area contributed by atoms with Gasteiger partial charge in [-0.05, 0) is 18.4 Å². The smallest absolute Gasteiger partial charge is 0.326 e. The van der Waals surface area contributed by atoms with Gasteiger partial charge in [-0.2, -0.15) is 16.7 Å². The number of carbonyl (C=O) groups is 2. The van der Waals surface area contributed by atoms with Crippen LogP contribution in [0.25, 0.3) is 0 Å². The van der Waals surface area contributed by atoms with Gasteiger partial charge in [0.05, 0.1) is 6.54 Å². The monoisotopic (exact) mass is 274 g/mol. The topological polar surface area (TPSA) is 117 Å². The summed E-state index contributed by atoms with van der Waals surface area (Å²) in [6.45, 7) is 0.0806. The molecule has 0 aliphatic heterocycles. The van der Waals surface area contributed by atoms with Crippen LogP contribution in [0.15, 0.2) is 10.9 Å². The summed E-state index contributed by atoms with van der Waals surface area (Å²) in [6.07, 6.45) is 3.38. The second kappa shape index (κ2) is 7.54. The van der Waals surface area contributed by atoms with Gasteiger partial charge in [-0.3, -0.25) is 0 Å². The number of amides is 2. The van der Waals surface area contributed by atoms with Gasteiger partial charge in [0.15, 0.2) is 5.82 Å². The number of nitrogens with one attached hydrogen (secondary N) is 2. The zero-order valence-electron chi connectivity index (χ0n) is 9.75. The van der Waals surface area contributed by atoms with Crippen molar-refractivity contribution in [2.75, 3.05) is 12.0 Å². The molecule has 2 amide bonds. The van der Waals surface area contributed by atoms with E-state index in [0.717, 1.165) is 6.39 Å². The summed E-state index contributed by atoms with van der Waals surface area (Å²) < 4.78 is 4.49. The van der Waals surface area contributed by atoms with Crippen LogP contribution < -0.4 is 10.6 Å². The van der Waals surface area contributed by atoms with Crippen molar-refractivity contribution in [2.24, 2.45) is 0 Å². The zero-order chi connectivity index (χ0) is 13.4. The maximum Gasteiger partial charge on any atom is 0.326 e. The third-order valence-corrected chi connectivity index (χ3v) is 2.67. The SMILES string of the molecule is CSCCC(NC(=O)NCc1ncon1)C(=O)O. The van der Waals surface area contributed by atoms with Crippen LogP contribution in [0.5, 0.6) is 0 Å². The molecule has 100 valence electrons. The average Bonchev–Trinajstić information content (AvgIpc) is 2.84. The van der Waals surface area contributed by atoms with Crippen molar-refractivity contribution >= 4 is 23.8 Å². The third kappa shape index (κ3) is 5.04. The van der Waals surface area contributed by atoms with E-state index < -0.39 is 18.0 Å². The van der Waals surface area contributed by atoms with Crippen molar-refractivity contribution in [3.63, 3.8) is 0 Å². The number of hydrogen-bond acceptors (Lipinski definition) is 6. The van der Waals surface area contributed by atoms with Gasteiger partial charge in [-0.15, -0.1) is 0 Å². The molecule has 1 aromatic rings. The van der Waals surface area contributed by atoms with Crippen LogP contribution in [0.2, 0.25) is 0 Å².